The van der Waals surface area contributed by atoms with Gasteiger partial charge in [0.2, 0.25) is 5.89 Å². The molecule has 0 radical (unpaired) electrons. The summed E-state index contributed by atoms with van der Waals surface area (Å²) in [5, 5.41) is 13.5. The number of nitrogens with zero attached hydrogens (tertiary/aromatic N) is 3. The van der Waals surface area contributed by atoms with E-state index in [1.165, 1.54) is 0 Å². The predicted molar refractivity (Wildman–Crippen MR) is 119 cm³/mol. The van der Waals surface area contributed by atoms with Crippen LogP contribution in [0.1, 0.15) is 84.9 Å². The van der Waals surface area contributed by atoms with Crippen molar-refractivity contribution >= 4 is 12.1 Å². The Morgan fingerprint density at radius 3 is 2.53 bits per heavy atom. The van der Waals surface area contributed by atoms with Crippen molar-refractivity contribution in [2.24, 2.45) is 4.99 Å². The Morgan fingerprint density at radius 1 is 1.23 bits per heavy atom. The number of aromatic nitrogens is 2. The number of unbranched alkanes of at least 4 members (excludes halogenated alkanes) is 1. The number of aliphatic imine (C=N–C) groups is 1. The quantitative estimate of drug-likeness (QED) is 0.283. The van der Waals surface area contributed by atoms with Gasteiger partial charge in [0.25, 0.3) is 0 Å². The number of nitrogens with one attached hydrogen (secondary N) is 3. The van der Waals surface area contributed by atoms with Crippen molar-refractivity contribution in [3.63, 3.8) is 0 Å². The monoisotopic (exact) mass is 424 g/mol. The third kappa shape index (κ3) is 11.0. The predicted octanol–water partition coefficient (Wildman–Crippen LogP) is 3.37. The average Bonchev–Trinajstić information content (AvgIpc) is 3.13. The summed E-state index contributed by atoms with van der Waals surface area (Å²) < 4.78 is 10.6. The molecule has 1 unspecified atom stereocenters. The standard InChI is InChI=1S/C21H40N6O3/c1-8-9-11-16(14-24-20(28)29-21(4,5)6)25-19(22-7)23-13-10-12-17-26-18(15(2)3)27-30-17/h15-16H,8-14H2,1-7H3,(H,24,28)(H2,22,23,25). The molecule has 0 aliphatic carbocycles. The first-order chi connectivity index (χ1) is 14.1. The summed E-state index contributed by atoms with van der Waals surface area (Å²) in [4.78, 5) is 20.6. The Bertz CT molecular complexity index is 651. The van der Waals surface area contributed by atoms with Crippen LogP contribution in [0, 0.1) is 0 Å². The molecule has 1 amide bonds. The van der Waals surface area contributed by atoms with E-state index in [0.29, 0.717) is 24.8 Å². The highest BCUT2D eigenvalue weighted by molar-refractivity contribution is 5.80. The minimum absolute atomic E-state index is 0.0632. The second-order valence-corrected chi connectivity index (χ2v) is 8.67. The normalized spacial score (nSPS) is 13.3. The lowest BCUT2D eigenvalue weighted by atomic mass is 10.1. The lowest BCUT2D eigenvalue weighted by Gasteiger charge is -2.24. The van der Waals surface area contributed by atoms with Gasteiger partial charge in [0, 0.05) is 38.5 Å². The Balaban J connectivity index is 2.44. The van der Waals surface area contributed by atoms with Gasteiger partial charge in [0.15, 0.2) is 11.8 Å². The molecule has 172 valence electrons. The van der Waals surface area contributed by atoms with Gasteiger partial charge < -0.3 is 25.2 Å². The number of carbonyl (C=O) groups excluding carboxylic acids is 1. The smallest absolute Gasteiger partial charge is 0.407 e. The molecule has 1 atom stereocenters. The molecule has 0 spiro atoms. The zero-order valence-corrected chi connectivity index (χ0v) is 19.7. The largest absolute Gasteiger partial charge is 0.444 e. The number of guanidine groups is 1. The molecular formula is C21H40N6O3. The summed E-state index contributed by atoms with van der Waals surface area (Å²) in [5.74, 6) is 2.37. The Hall–Kier alpha value is -2.32. The van der Waals surface area contributed by atoms with Gasteiger partial charge in [-0.1, -0.05) is 38.8 Å². The van der Waals surface area contributed by atoms with Crippen molar-refractivity contribution in [3.05, 3.63) is 11.7 Å². The van der Waals surface area contributed by atoms with E-state index in [1.807, 2.05) is 34.6 Å². The van der Waals surface area contributed by atoms with Crippen molar-refractivity contribution in [3.8, 4) is 0 Å². The molecule has 0 aliphatic heterocycles. The Kier molecular flexibility index (Phi) is 11.2. The molecule has 0 aromatic carbocycles. The highest BCUT2D eigenvalue weighted by atomic mass is 16.6. The van der Waals surface area contributed by atoms with E-state index in [0.717, 1.165) is 38.1 Å². The van der Waals surface area contributed by atoms with E-state index in [4.69, 9.17) is 9.26 Å². The minimum Gasteiger partial charge on any atom is -0.444 e. The van der Waals surface area contributed by atoms with Gasteiger partial charge in [-0.3, -0.25) is 4.99 Å². The van der Waals surface area contributed by atoms with Crippen molar-refractivity contribution in [2.75, 3.05) is 20.1 Å². The molecule has 3 N–H and O–H groups in total. The summed E-state index contributed by atoms with van der Waals surface area (Å²) in [7, 11) is 1.74. The molecule has 0 saturated heterocycles. The molecule has 0 bridgehead atoms. The molecule has 30 heavy (non-hydrogen) atoms. The van der Waals surface area contributed by atoms with Crippen LogP contribution in [-0.4, -0.2) is 54.0 Å². The van der Waals surface area contributed by atoms with Crippen molar-refractivity contribution in [2.45, 2.75) is 91.2 Å². The molecule has 9 heteroatoms. The van der Waals surface area contributed by atoms with E-state index in [-0.39, 0.29) is 12.0 Å². The van der Waals surface area contributed by atoms with Gasteiger partial charge in [-0.05, 0) is 33.6 Å². The number of alkyl carbamates (subject to hydrolysis) is 1. The van der Waals surface area contributed by atoms with Crippen LogP contribution in [-0.2, 0) is 11.2 Å². The molecule has 1 aromatic rings. The van der Waals surface area contributed by atoms with Crippen LogP contribution < -0.4 is 16.0 Å². The molecule has 0 saturated carbocycles. The number of ether oxygens (including phenoxy) is 1. The van der Waals surface area contributed by atoms with E-state index in [9.17, 15) is 4.79 Å². The average molecular weight is 425 g/mol. The minimum atomic E-state index is -0.512. The summed E-state index contributed by atoms with van der Waals surface area (Å²) in [6, 6.07) is 0.0632. The molecule has 1 heterocycles. The number of amides is 1. The van der Waals surface area contributed by atoms with E-state index < -0.39 is 11.7 Å². The van der Waals surface area contributed by atoms with Crippen LogP contribution in [0.5, 0.6) is 0 Å². The summed E-state index contributed by atoms with van der Waals surface area (Å²) in [5.41, 5.74) is -0.512. The third-order valence-electron chi connectivity index (χ3n) is 4.22. The Labute approximate surface area is 180 Å². The SMILES string of the molecule is CCCCC(CNC(=O)OC(C)(C)C)NC(=NC)NCCCc1nc(C(C)C)no1. The van der Waals surface area contributed by atoms with E-state index in [1.54, 1.807) is 7.05 Å². The zero-order valence-electron chi connectivity index (χ0n) is 19.7. The molecule has 1 aromatic heterocycles. The molecule has 9 nitrogen and oxygen atoms in total. The number of hydrogen-bond donors (Lipinski definition) is 3. The van der Waals surface area contributed by atoms with Gasteiger partial charge in [-0.2, -0.15) is 4.98 Å². The second-order valence-electron chi connectivity index (χ2n) is 8.67. The van der Waals surface area contributed by atoms with Gasteiger partial charge >= 0.3 is 6.09 Å². The van der Waals surface area contributed by atoms with Crippen LogP contribution in [0.3, 0.4) is 0 Å². The summed E-state index contributed by atoms with van der Waals surface area (Å²) >= 11 is 0. The molecule has 1 rings (SSSR count). The van der Waals surface area contributed by atoms with Crippen LogP contribution in [0.25, 0.3) is 0 Å². The number of aryl methyl sites for hydroxylation is 1. The van der Waals surface area contributed by atoms with Gasteiger partial charge in [0.1, 0.15) is 5.60 Å². The maximum absolute atomic E-state index is 12.0. The second kappa shape index (κ2) is 13.1. The third-order valence-corrected chi connectivity index (χ3v) is 4.22. The van der Waals surface area contributed by atoms with Crippen LogP contribution in [0.15, 0.2) is 9.52 Å². The maximum Gasteiger partial charge on any atom is 0.407 e. The van der Waals surface area contributed by atoms with Crippen LogP contribution >= 0.6 is 0 Å². The molecule has 0 aliphatic rings. The number of carbonyl (C=O) groups is 1. The van der Waals surface area contributed by atoms with Crippen LogP contribution in [0.2, 0.25) is 0 Å². The lowest BCUT2D eigenvalue weighted by Crippen LogP contribution is -2.49. The molecule has 0 fully saturated rings. The highest BCUT2D eigenvalue weighted by Crippen LogP contribution is 2.10. The molecular weight excluding hydrogens is 384 g/mol. The maximum atomic E-state index is 12.0. The number of rotatable bonds is 11. The van der Waals surface area contributed by atoms with Crippen molar-refractivity contribution in [1.29, 1.82) is 0 Å². The summed E-state index contributed by atoms with van der Waals surface area (Å²) in [6.07, 6.45) is 4.21. The fraction of sp³-hybridized carbons (Fsp3) is 0.810. The first kappa shape index (κ1) is 25.7. The summed E-state index contributed by atoms with van der Waals surface area (Å²) in [6.45, 7) is 13.0. The van der Waals surface area contributed by atoms with Gasteiger partial charge in [-0.25, -0.2) is 4.79 Å². The first-order valence-corrected chi connectivity index (χ1v) is 10.9. The Morgan fingerprint density at radius 2 is 1.97 bits per heavy atom. The van der Waals surface area contributed by atoms with Crippen LogP contribution in [0.4, 0.5) is 4.79 Å². The topological polar surface area (TPSA) is 114 Å². The highest BCUT2D eigenvalue weighted by Gasteiger charge is 2.18. The first-order valence-electron chi connectivity index (χ1n) is 10.9. The van der Waals surface area contributed by atoms with Crippen molar-refractivity contribution < 1.29 is 14.1 Å². The van der Waals surface area contributed by atoms with Crippen molar-refractivity contribution in [1.82, 2.24) is 26.1 Å². The van der Waals surface area contributed by atoms with E-state index >= 15 is 0 Å². The number of hydrogen-bond acceptors (Lipinski definition) is 6. The zero-order chi connectivity index (χ0) is 22.6. The fourth-order valence-corrected chi connectivity index (χ4v) is 2.63. The van der Waals surface area contributed by atoms with Gasteiger partial charge in [-0.15, -0.1) is 0 Å². The van der Waals surface area contributed by atoms with Gasteiger partial charge in [0.05, 0.1) is 0 Å². The lowest BCUT2D eigenvalue weighted by molar-refractivity contribution is 0.0522. The van der Waals surface area contributed by atoms with E-state index in [2.05, 4.69) is 38.0 Å². The fourth-order valence-electron chi connectivity index (χ4n) is 2.63.